The van der Waals surface area contributed by atoms with Crippen molar-refractivity contribution >= 4 is 23.0 Å². The summed E-state index contributed by atoms with van der Waals surface area (Å²) in [5.74, 6) is 0.393. The fraction of sp³-hybridized carbons (Fsp3) is 0.200. The van der Waals surface area contributed by atoms with Crippen molar-refractivity contribution in [2.45, 2.75) is 6.54 Å². The molecule has 0 saturated carbocycles. The van der Waals surface area contributed by atoms with E-state index in [-0.39, 0.29) is 5.02 Å². The van der Waals surface area contributed by atoms with Gasteiger partial charge in [-0.2, -0.15) is 0 Å². The van der Waals surface area contributed by atoms with Crippen LogP contribution in [0.5, 0.6) is 5.75 Å². The van der Waals surface area contributed by atoms with Gasteiger partial charge in [0.1, 0.15) is 11.6 Å². The van der Waals surface area contributed by atoms with Crippen molar-refractivity contribution in [3.8, 4) is 5.75 Å². The molecule has 0 heterocycles. The van der Waals surface area contributed by atoms with E-state index in [2.05, 4.69) is 10.6 Å². The van der Waals surface area contributed by atoms with Crippen LogP contribution in [0.2, 0.25) is 5.02 Å². The van der Waals surface area contributed by atoms with Gasteiger partial charge in [-0.1, -0.05) is 11.6 Å². The van der Waals surface area contributed by atoms with Crippen molar-refractivity contribution in [3.63, 3.8) is 0 Å². The second-order valence-corrected chi connectivity index (χ2v) is 4.72. The maximum absolute atomic E-state index is 13.1. The van der Waals surface area contributed by atoms with E-state index in [1.165, 1.54) is 6.07 Å². The summed E-state index contributed by atoms with van der Waals surface area (Å²) in [6, 6.07) is 10.3. The Morgan fingerprint density at radius 1 is 1.15 bits per heavy atom. The molecule has 0 bridgehead atoms. The third-order valence-electron chi connectivity index (χ3n) is 2.86. The molecule has 2 N–H and O–H groups in total. The van der Waals surface area contributed by atoms with Crippen LogP contribution in [0, 0.1) is 5.82 Å². The molecule has 0 fully saturated rings. The largest absolute Gasteiger partial charge is 0.496 e. The van der Waals surface area contributed by atoms with Crippen LogP contribution in [0.3, 0.4) is 0 Å². The number of benzene rings is 2. The van der Waals surface area contributed by atoms with Crippen molar-refractivity contribution < 1.29 is 9.13 Å². The zero-order chi connectivity index (χ0) is 14.5. The average molecular weight is 295 g/mol. The van der Waals surface area contributed by atoms with Crippen LogP contribution in [0.4, 0.5) is 15.8 Å². The molecule has 0 unspecified atom stereocenters. The van der Waals surface area contributed by atoms with E-state index >= 15 is 0 Å². The standard InChI is InChI=1S/C15H16ClFN2O/c1-18-9-10-7-11(4-6-15(10)20-2)19-12-3-5-14(17)13(16)8-12/h3-8,18-19H,9H2,1-2H3. The molecular formula is C15H16ClFN2O. The molecule has 0 atom stereocenters. The molecule has 2 aromatic carbocycles. The first kappa shape index (κ1) is 14.6. The van der Waals surface area contributed by atoms with Crippen LogP contribution < -0.4 is 15.4 Å². The maximum Gasteiger partial charge on any atom is 0.141 e. The quantitative estimate of drug-likeness (QED) is 0.876. The summed E-state index contributed by atoms with van der Waals surface area (Å²) in [7, 11) is 3.51. The van der Waals surface area contributed by atoms with Crippen LogP contribution in [0.25, 0.3) is 0 Å². The highest BCUT2D eigenvalue weighted by molar-refractivity contribution is 6.31. The summed E-state index contributed by atoms with van der Waals surface area (Å²) < 4.78 is 18.4. The number of halogens is 2. The van der Waals surface area contributed by atoms with Gasteiger partial charge in [-0.05, 0) is 43.4 Å². The van der Waals surface area contributed by atoms with Crippen molar-refractivity contribution in [2.24, 2.45) is 0 Å². The highest BCUT2D eigenvalue weighted by Gasteiger charge is 2.05. The molecule has 2 aromatic rings. The predicted molar refractivity (Wildman–Crippen MR) is 80.5 cm³/mol. The van der Waals surface area contributed by atoms with Crippen LogP contribution in [0.1, 0.15) is 5.56 Å². The van der Waals surface area contributed by atoms with E-state index in [9.17, 15) is 4.39 Å². The Balaban J connectivity index is 2.24. The highest BCUT2D eigenvalue weighted by atomic mass is 35.5. The van der Waals surface area contributed by atoms with Crippen LogP contribution >= 0.6 is 11.6 Å². The number of hydrogen-bond acceptors (Lipinski definition) is 3. The number of ether oxygens (including phenoxy) is 1. The van der Waals surface area contributed by atoms with E-state index in [1.54, 1.807) is 19.2 Å². The fourth-order valence-corrected chi connectivity index (χ4v) is 2.11. The molecule has 0 radical (unpaired) electrons. The third kappa shape index (κ3) is 3.40. The van der Waals surface area contributed by atoms with Crippen LogP contribution in [0.15, 0.2) is 36.4 Å². The van der Waals surface area contributed by atoms with E-state index in [4.69, 9.17) is 16.3 Å². The number of methoxy groups -OCH3 is 1. The Morgan fingerprint density at radius 2 is 1.85 bits per heavy atom. The van der Waals surface area contributed by atoms with Gasteiger partial charge in [-0.15, -0.1) is 0 Å². The normalized spacial score (nSPS) is 10.4. The van der Waals surface area contributed by atoms with Crippen molar-refractivity contribution in [1.29, 1.82) is 0 Å². The molecule has 0 aliphatic heterocycles. The van der Waals surface area contributed by atoms with Crippen molar-refractivity contribution in [2.75, 3.05) is 19.5 Å². The highest BCUT2D eigenvalue weighted by Crippen LogP contribution is 2.26. The van der Waals surface area contributed by atoms with Gasteiger partial charge in [0.25, 0.3) is 0 Å². The first-order valence-electron chi connectivity index (χ1n) is 6.17. The Bertz CT molecular complexity index is 604. The van der Waals surface area contributed by atoms with Gasteiger partial charge in [0.2, 0.25) is 0 Å². The molecular weight excluding hydrogens is 279 g/mol. The van der Waals surface area contributed by atoms with Crippen LogP contribution in [-0.2, 0) is 6.54 Å². The molecule has 0 amide bonds. The topological polar surface area (TPSA) is 33.3 Å². The second kappa shape index (κ2) is 6.59. The zero-order valence-corrected chi connectivity index (χ0v) is 12.1. The smallest absolute Gasteiger partial charge is 0.141 e. The van der Waals surface area contributed by atoms with Gasteiger partial charge < -0.3 is 15.4 Å². The molecule has 106 valence electrons. The first-order chi connectivity index (χ1) is 9.63. The van der Waals surface area contributed by atoms with Gasteiger partial charge in [0, 0.05) is 23.5 Å². The van der Waals surface area contributed by atoms with Gasteiger partial charge in [0.05, 0.1) is 12.1 Å². The fourth-order valence-electron chi connectivity index (χ4n) is 1.93. The Hall–Kier alpha value is -1.78. The molecule has 3 nitrogen and oxygen atoms in total. The lowest BCUT2D eigenvalue weighted by molar-refractivity contribution is 0.408. The first-order valence-corrected chi connectivity index (χ1v) is 6.55. The molecule has 0 aliphatic carbocycles. The Kier molecular flexibility index (Phi) is 4.82. The zero-order valence-electron chi connectivity index (χ0n) is 11.3. The summed E-state index contributed by atoms with van der Waals surface area (Å²) in [5.41, 5.74) is 2.66. The van der Waals surface area contributed by atoms with E-state index in [0.717, 1.165) is 22.7 Å². The predicted octanol–water partition coefficient (Wildman–Crippen LogP) is 3.95. The summed E-state index contributed by atoms with van der Waals surface area (Å²) in [6.07, 6.45) is 0. The lowest BCUT2D eigenvalue weighted by atomic mass is 10.1. The van der Waals surface area contributed by atoms with Gasteiger partial charge >= 0.3 is 0 Å². The molecule has 0 saturated heterocycles. The maximum atomic E-state index is 13.1. The molecule has 0 aromatic heterocycles. The van der Waals surface area contributed by atoms with Crippen molar-refractivity contribution in [1.82, 2.24) is 5.32 Å². The number of hydrogen-bond donors (Lipinski definition) is 2. The van der Waals surface area contributed by atoms with Gasteiger partial charge in [0.15, 0.2) is 0 Å². The summed E-state index contributed by atoms with van der Waals surface area (Å²) in [6.45, 7) is 0.697. The van der Waals surface area contributed by atoms with E-state index in [1.807, 2.05) is 25.2 Å². The minimum atomic E-state index is -0.428. The lowest BCUT2D eigenvalue weighted by Crippen LogP contribution is -2.07. The van der Waals surface area contributed by atoms with E-state index in [0.29, 0.717) is 6.54 Å². The minimum Gasteiger partial charge on any atom is -0.496 e. The Morgan fingerprint density at radius 3 is 2.50 bits per heavy atom. The third-order valence-corrected chi connectivity index (χ3v) is 3.15. The monoisotopic (exact) mass is 294 g/mol. The summed E-state index contributed by atoms with van der Waals surface area (Å²) in [5, 5.41) is 6.37. The summed E-state index contributed by atoms with van der Waals surface area (Å²) >= 11 is 5.76. The number of anilines is 2. The lowest BCUT2D eigenvalue weighted by Gasteiger charge is -2.12. The van der Waals surface area contributed by atoms with Crippen LogP contribution in [-0.4, -0.2) is 14.2 Å². The minimum absolute atomic E-state index is 0.0963. The van der Waals surface area contributed by atoms with E-state index < -0.39 is 5.82 Å². The molecule has 20 heavy (non-hydrogen) atoms. The molecule has 2 rings (SSSR count). The van der Waals surface area contributed by atoms with Gasteiger partial charge in [-0.3, -0.25) is 0 Å². The average Bonchev–Trinajstić information content (AvgIpc) is 2.44. The second-order valence-electron chi connectivity index (χ2n) is 4.31. The Labute approximate surface area is 122 Å². The van der Waals surface area contributed by atoms with Crippen molar-refractivity contribution in [3.05, 3.63) is 52.8 Å². The number of rotatable bonds is 5. The molecule has 0 spiro atoms. The number of nitrogens with one attached hydrogen (secondary N) is 2. The molecule has 5 heteroatoms. The summed E-state index contributed by atoms with van der Waals surface area (Å²) in [4.78, 5) is 0. The van der Waals surface area contributed by atoms with Gasteiger partial charge in [-0.25, -0.2) is 4.39 Å². The SMILES string of the molecule is CNCc1cc(Nc2ccc(F)c(Cl)c2)ccc1OC. The molecule has 0 aliphatic rings.